The number of rotatable bonds is 8. The number of benzene rings is 1. The fourth-order valence-electron chi connectivity index (χ4n) is 1.96. The van der Waals surface area contributed by atoms with Crippen LogP contribution in [0.15, 0.2) is 24.3 Å². The summed E-state index contributed by atoms with van der Waals surface area (Å²) in [6, 6.07) is 7.75. The summed E-state index contributed by atoms with van der Waals surface area (Å²) in [4.78, 5) is 23.4. The highest BCUT2D eigenvalue weighted by Crippen LogP contribution is 2.15. The smallest absolute Gasteiger partial charge is 0.233 e. The van der Waals surface area contributed by atoms with Crippen molar-refractivity contribution in [2.45, 2.75) is 44.4 Å². The van der Waals surface area contributed by atoms with E-state index in [0.717, 1.165) is 30.5 Å². The average molecular weight is 355 g/mol. The second-order valence-corrected chi connectivity index (χ2v) is 5.96. The summed E-state index contributed by atoms with van der Waals surface area (Å²) < 4.78 is 0. The molecule has 0 aliphatic heterocycles. The van der Waals surface area contributed by atoms with Crippen molar-refractivity contribution >= 4 is 33.4 Å². The van der Waals surface area contributed by atoms with Gasteiger partial charge in [0, 0.05) is 18.7 Å². The second kappa shape index (κ2) is 9.55. The van der Waals surface area contributed by atoms with Gasteiger partial charge in [-0.05, 0) is 24.5 Å². The molecular formula is C16H23BrN2O2. The number of hydrogen-bond acceptors (Lipinski definition) is 2. The summed E-state index contributed by atoms with van der Waals surface area (Å²) in [7, 11) is 0. The van der Waals surface area contributed by atoms with Gasteiger partial charge < -0.3 is 10.6 Å². The third-order valence-electron chi connectivity index (χ3n) is 3.15. The molecule has 0 spiro atoms. The molecule has 0 unspecified atom stereocenters. The van der Waals surface area contributed by atoms with Crippen LogP contribution in [0.1, 0.15) is 38.7 Å². The van der Waals surface area contributed by atoms with Crippen molar-refractivity contribution in [3.8, 4) is 0 Å². The number of aryl methyl sites for hydroxylation is 1. The van der Waals surface area contributed by atoms with Crippen LogP contribution in [0, 0.1) is 0 Å². The first-order chi connectivity index (χ1) is 10.1. The van der Waals surface area contributed by atoms with Gasteiger partial charge in [0.25, 0.3) is 0 Å². The van der Waals surface area contributed by atoms with Crippen molar-refractivity contribution in [1.82, 2.24) is 5.32 Å². The van der Waals surface area contributed by atoms with E-state index in [4.69, 9.17) is 0 Å². The Bertz CT molecular complexity index is 477. The molecule has 0 aromatic heterocycles. The molecule has 0 bridgehead atoms. The zero-order chi connectivity index (χ0) is 15.7. The van der Waals surface area contributed by atoms with Crippen LogP contribution in [-0.4, -0.2) is 23.2 Å². The number of amides is 2. The lowest BCUT2D eigenvalue weighted by Gasteiger charge is -2.11. The molecule has 0 saturated carbocycles. The minimum absolute atomic E-state index is 0.0568. The molecule has 0 aliphatic rings. The fourth-order valence-corrected chi connectivity index (χ4v) is 2.58. The van der Waals surface area contributed by atoms with E-state index in [2.05, 4.69) is 33.5 Å². The largest absolute Gasteiger partial charge is 0.355 e. The van der Waals surface area contributed by atoms with E-state index in [9.17, 15) is 9.59 Å². The van der Waals surface area contributed by atoms with Crippen LogP contribution >= 0.6 is 15.9 Å². The van der Waals surface area contributed by atoms with Crippen LogP contribution in [-0.2, 0) is 16.0 Å². The third kappa shape index (κ3) is 6.29. The van der Waals surface area contributed by atoms with Gasteiger partial charge in [0.2, 0.25) is 11.8 Å². The van der Waals surface area contributed by atoms with Crippen LogP contribution < -0.4 is 10.6 Å². The highest BCUT2D eigenvalue weighted by atomic mass is 79.9. The Morgan fingerprint density at radius 2 is 1.95 bits per heavy atom. The van der Waals surface area contributed by atoms with Crippen LogP contribution in [0.2, 0.25) is 0 Å². The summed E-state index contributed by atoms with van der Waals surface area (Å²) in [6.45, 7) is 4.43. The number of halogens is 1. The highest BCUT2D eigenvalue weighted by molar-refractivity contribution is 9.10. The highest BCUT2D eigenvalue weighted by Gasteiger charge is 2.13. The number of nitrogens with one attached hydrogen (secondary N) is 2. The molecule has 0 radical (unpaired) electrons. The Labute approximate surface area is 134 Å². The molecule has 21 heavy (non-hydrogen) atoms. The van der Waals surface area contributed by atoms with Gasteiger partial charge in [-0.3, -0.25) is 9.59 Å². The number of anilines is 1. The predicted octanol–water partition coefficient (Wildman–Crippen LogP) is 3.26. The van der Waals surface area contributed by atoms with Crippen molar-refractivity contribution in [3.05, 3.63) is 29.8 Å². The summed E-state index contributed by atoms with van der Waals surface area (Å²) in [6.07, 6.45) is 2.88. The van der Waals surface area contributed by atoms with Crippen molar-refractivity contribution in [2.75, 3.05) is 11.9 Å². The molecule has 0 aliphatic carbocycles. The van der Waals surface area contributed by atoms with Gasteiger partial charge in [0.15, 0.2) is 0 Å². The van der Waals surface area contributed by atoms with Crippen LogP contribution in [0.5, 0.6) is 0 Å². The van der Waals surface area contributed by atoms with Crippen molar-refractivity contribution in [2.24, 2.45) is 0 Å². The molecule has 1 aromatic rings. The van der Waals surface area contributed by atoms with E-state index >= 15 is 0 Å². The van der Waals surface area contributed by atoms with Gasteiger partial charge in [-0.1, -0.05) is 54.4 Å². The maximum Gasteiger partial charge on any atom is 0.233 e. The second-order valence-electron chi connectivity index (χ2n) is 4.86. The SMILES string of the molecule is CCC[C@H](Br)C(=O)NCCC(=O)Nc1ccccc1CC. The minimum Gasteiger partial charge on any atom is -0.355 e. The van der Waals surface area contributed by atoms with Gasteiger partial charge in [0.1, 0.15) is 0 Å². The Morgan fingerprint density at radius 1 is 1.24 bits per heavy atom. The zero-order valence-corrected chi connectivity index (χ0v) is 14.2. The molecular weight excluding hydrogens is 332 g/mol. The molecule has 2 amide bonds. The Morgan fingerprint density at radius 3 is 2.62 bits per heavy atom. The van der Waals surface area contributed by atoms with Gasteiger partial charge in [0.05, 0.1) is 4.83 Å². The molecule has 0 fully saturated rings. The molecule has 116 valence electrons. The van der Waals surface area contributed by atoms with E-state index in [0.29, 0.717) is 6.54 Å². The topological polar surface area (TPSA) is 58.2 Å². The summed E-state index contributed by atoms with van der Waals surface area (Å²) >= 11 is 3.33. The molecule has 0 saturated heterocycles. The lowest BCUT2D eigenvalue weighted by molar-refractivity contribution is -0.120. The van der Waals surface area contributed by atoms with E-state index < -0.39 is 0 Å². The summed E-state index contributed by atoms with van der Waals surface area (Å²) in [5, 5.41) is 5.65. The number of para-hydroxylation sites is 1. The van der Waals surface area contributed by atoms with Gasteiger partial charge in [-0.15, -0.1) is 0 Å². The summed E-state index contributed by atoms with van der Waals surface area (Å²) in [5.74, 6) is -0.142. The lowest BCUT2D eigenvalue weighted by atomic mass is 10.1. The van der Waals surface area contributed by atoms with E-state index in [1.165, 1.54) is 0 Å². The number of alkyl halides is 1. The molecule has 1 rings (SSSR count). The van der Waals surface area contributed by atoms with Crippen LogP contribution in [0.4, 0.5) is 5.69 Å². The minimum atomic E-state index is -0.175. The molecule has 2 N–H and O–H groups in total. The molecule has 1 atom stereocenters. The Balaban J connectivity index is 2.36. The van der Waals surface area contributed by atoms with Crippen molar-refractivity contribution in [3.63, 3.8) is 0 Å². The van der Waals surface area contributed by atoms with E-state index in [-0.39, 0.29) is 23.1 Å². The zero-order valence-electron chi connectivity index (χ0n) is 12.6. The molecule has 0 heterocycles. The fraction of sp³-hybridized carbons (Fsp3) is 0.500. The first-order valence-electron chi connectivity index (χ1n) is 7.38. The number of carbonyl (C=O) groups excluding carboxylic acids is 2. The van der Waals surface area contributed by atoms with E-state index in [1.807, 2.05) is 31.2 Å². The average Bonchev–Trinajstić information content (AvgIpc) is 2.47. The first-order valence-corrected chi connectivity index (χ1v) is 8.29. The Hall–Kier alpha value is -1.36. The van der Waals surface area contributed by atoms with E-state index in [1.54, 1.807) is 0 Å². The van der Waals surface area contributed by atoms with Gasteiger partial charge >= 0.3 is 0 Å². The van der Waals surface area contributed by atoms with Crippen LogP contribution in [0.25, 0.3) is 0 Å². The maximum atomic E-state index is 11.9. The maximum absolute atomic E-state index is 11.9. The van der Waals surface area contributed by atoms with Crippen LogP contribution in [0.3, 0.4) is 0 Å². The Kier molecular flexibility index (Phi) is 8.05. The standard InChI is InChI=1S/C16H23BrN2O2/c1-3-7-13(17)16(21)18-11-10-15(20)19-14-9-6-5-8-12(14)4-2/h5-6,8-9,13H,3-4,7,10-11H2,1-2H3,(H,18,21)(H,19,20)/t13-/m0/s1. The van der Waals surface area contributed by atoms with Gasteiger partial charge in [-0.25, -0.2) is 0 Å². The number of hydrogen-bond donors (Lipinski definition) is 2. The summed E-state index contributed by atoms with van der Waals surface area (Å²) in [5.41, 5.74) is 1.96. The van der Waals surface area contributed by atoms with Crippen molar-refractivity contribution in [1.29, 1.82) is 0 Å². The molecule has 4 nitrogen and oxygen atoms in total. The third-order valence-corrected chi connectivity index (χ3v) is 4.02. The first kappa shape index (κ1) is 17.7. The predicted molar refractivity (Wildman–Crippen MR) is 89.7 cm³/mol. The number of carbonyl (C=O) groups is 2. The monoisotopic (exact) mass is 354 g/mol. The quantitative estimate of drug-likeness (QED) is 0.704. The molecule has 5 heteroatoms. The van der Waals surface area contributed by atoms with Crippen molar-refractivity contribution < 1.29 is 9.59 Å². The molecule has 1 aromatic carbocycles. The normalized spacial score (nSPS) is 11.8. The van der Waals surface area contributed by atoms with Gasteiger partial charge in [-0.2, -0.15) is 0 Å². The lowest BCUT2D eigenvalue weighted by Crippen LogP contribution is -2.33.